The van der Waals surface area contributed by atoms with Gasteiger partial charge < -0.3 is 4.52 Å². The number of hydrogen-bond acceptors (Lipinski definition) is 6. The van der Waals surface area contributed by atoms with E-state index in [0.29, 0.717) is 11.6 Å². The highest BCUT2D eigenvalue weighted by molar-refractivity contribution is 7.94. The van der Waals surface area contributed by atoms with Gasteiger partial charge >= 0.3 is 0 Å². The lowest BCUT2D eigenvalue weighted by molar-refractivity contribution is -0.384. The summed E-state index contributed by atoms with van der Waals surface area (Å²) in [6.45, 7) is 5.54. The average Bonchev–Trinajstić information content (AvgIpc) is 3.15. The fourth-order valence-electron chi connectivity index (χ4n) is 2.77. The zero-order valence-corrected chi connectivity index (χ0v) is 15.7. The summed E-state index contributed by atoms with van der Waals surface area (Å²) in [5, 5.41) is 15.8. The van der Waals surface area contributed by atoms with Crippen LogP contribution in [0.1, 0.15) is 22.7 Å². The zero-order valence-electron chi connectivity index (χ0n) is 14.9. The fourth-order valence-corrected chi connectivity index (χ4v) is 3.76. The van der Waals surface area contributed by atoms with Gasteiger partial charge in [0.05, 0.1) is 9.82 Å². The van der Waals surface area contributed by atoms with Gasteiger partial charge in [0.1, 0.15) is 5.76 Å². The maximum Gasteiger partial charge on any atom is 0.269 e. The van der Waals surface area contributed by atoms with Crippen molar-refractivity contribution in [2.75, 3.05) is 0 Å². The molecule has 9 heteroatoms. The molecule has 0 N–H and O–H groups in total. The Kier molecular flexibility index (Phi) is 4.71. The van der Waals surface area contributed by atoms with E-state index in [1.165, 1.54) is 30.3 Å². The Labute approximate surface area is 155 Å². The Hall–Kier alpha value is -3.20. The number of hydrogen-bond donors (Lipinski definition) is 0. The van der Waals surface area contributed by atoms with Crippen LogP contribution >= 0.6 is 0 Å². The number of aromatic nitrogens is 2. The molecule has 140 valence electrons. The normalized spacial score (nSPS) is 12.0. The van der Waals surface area contributed by atoms with Crippen LogP contribution in [0.5, 0.6) is 0 Å². The van der Waals surface area contributed by atoms with Gasteiger partial charge in [-0.1, -0.05) is 5.16 Å². The summed E-state index contributed by atoms with van der Waals surface area (Å²) in [5.41, 5.74) is 2.26. The monoisotopic (exact) mass is 387 g/mol. The van der Waals surface area contributed by atoms with Crippen LogP contribution in [0.25, 0.3) is 11.9 Å². The molecule has 3 aromatic rings. The molecule has 0 fully saturated rings. The molecule has 2 aromatic heterocycles. The first-order chi connectivity index (χ1) is 12.7. The van der Waals surface area contributed by atoms with Gasteiger partial charge in [0.25, 0.3) is 5.69 Å². The minimum atomic E-state index is -3.73. The minimum absolute atomic E-state index is 0.00900. The van der Waals surface area contributed by atoms with Crippen molar-refractivity contribution >= 4 is 21.6 Å². The lowest BCUT2D eigenvalue weighted by Crippen LogP contribution is -1.99. The van der Waals surface area contributed by atoms with Gasteiger partial charge in [0.15, 0.2) is 15.7 Å². The molecule has 0 amide bonds. The summed E-state index contributed by atoms with van der Waals surface area (Å²) in [7, 11) is -3.73. The summed E-state index contributed by atoms with van der Waals surface area (Å²) in [4.78, 5) is 10.1. The highest BCUT2D eigenvalue weighted by Crippen LogP contribution is 2.23. The first kappa shape index (κ1) is 18.6. The van der Waals surface area contributed by atoms with Crippen LogP contribution in [0.2, 0.25) is 0 Å². The van der Waals surface area contributed by atoms with Gasteiger partial charge in [-0.15, -0.1) is 0 Å². The standard InChI is InChI=1S/C18H17N3O5S/c1-12-10-15(14(3)20(12)18-11-13(2)26-19-18)8-9-27(24,25)17-6-4-16(5-7-17)21(22)23/h4-11H,1-3H3/b9-8+. The largest absolute Gasteiger partial charge is 0.360 e. The predicted molar refractivity (Wildman–Crippen MR) is 99.4 cm³/mol. The van der Waals surface area contributed by atoms with Gasteiger partial charge in [0.2, 0.25) is 0 Å². The van der Waals surface area contributed by atoms with E-state index in [9.17, 15) is 18.5 Å². The predicted octanol–water partition coefficient (Wildman–Crippen LogP) is 3.74. The second kappa shape index (κ2) is 6.84. The number of nitro groups is 1. The van der Waals surface area contributed by atoms with Crippen LogP contribution in [-0.2, 0) is 9.84 Å². The van der Waals surface area contributed by atoms with Crippen LogP contribution in [0.4, 0.5) is 5.69 Å². The molecule has 8 nitrogen and oxygen atoms in total. The van der Waals surface area contributed by atoms with Crippen molar-refractivity contribution in [3.05, 3.63) is 74.6 Å². The quantitative estimate of drug-likeness (QED) is 0.487. The van der Waals surface area contributed by atoms with E-state index in [1.54, 1.807) is 13.0 Å². The molecule has 0 bridgehead atoms. The molecule has 0 aliphatic carbocycles. The summed E-state index contributed by atoms with van der Waals surface area (Å²) >= 11 is 0. The van der Waals surface area contributed by atoms with E-state index < -0.39 is 14.8 Å². The molecule has 0 saturated carbocycles. The first-order valence-electron chi connectivity index (χ1n) is 7.99. The number of rotatable bonds is 5. The Morgan fingerprint density at radius 2 is 1.81 bits per heavy atom. The van der Waals surface area contributed by atoms with Crippen molar-refractivity contribution in [2.24, 2.45) is 0 Å². The second-order valence-electron chi connectivity index (χ2n) is 6.06. The van der Waals surface area contributed by atoms with Gasteiger partial charge in [-0.05, 0) is 50.6 Å². The Bertz CT molecular complexity index is 1140. The smallest absolute Gasteiger partial charge is 0.269 e. The SMILES string of the molecule is Cc1cc(-n2c(C)cc(/C=C/S(=O)(=O)c3ccc([N+](=O)[O-])cc3)c2C)no1. The highest BCUT2D eigenvalue weighted by atomic mass is 32.2. The third-order valence-corrected chi connectivity index (χ3v) is 5.54. The molecule has 3 rings (SSSR count). The van der Waals surface area contributed by atoms with Crippen molar-refractivity contribution < 1.29 is 17.9 Å². The summed E-state index contributed by atoms with van der Waals surface area (Å²) in [5.74, 6) is 1.30. The summed E-state index contributed by atoms with van der Waals surface area (Å²) in [6, 6.07) is 8.42. The summed E-state index contributed by atoms with van der Waals surface area (Å²) in [6.07, 6.45) is 1.50. The third-order valence-electron chi connectivity index (χ3n) is 4.12. The maximum absolute atomic E-state index is 12.5. The summed E-state index contributed by atoms with van der Waals surface area (Å²) < 4.78 is 31.9. The van der Waals surface area contributed by atoms with Gasteiger partial charge in [0, 0.05) is 35.0 Å². The fraction of sp³-hybridized carbons (Fsp3) is 0.167. The van der Waals surface area contributed by atoms with Crippen LogP contribution in [0, 0.1) is 30.9 Å². The minimum Gasteiger partial charge on any atom is -0.360 e. The number of benzene rings is 1. The average molecular weight is 387 g/mol. The van der Waals surface area contributed by atoms with E-state index in [0.717, 1.165) is 22.4 Å². The first-order valence-corrected chi connectivity index (χ1v) is 9.54. The lowest BCUT2D eigenvalue weighted by atomic mass is 10.2. The van der Waals surface area contributed by atoms with Crippen LogP contribution in [-0.4, -0.2) is 23.1 Å². The van der Waals surface area contributed by atoms with E-state index in [2.05, 4.69) is 5.16 Å². The molecule has 0 saturated heterocycles. The van der Waals surface area contributed by atoms with Crippen molar-refractivity contribution in [3.63, 3.8) is 0 Å². The molecule has 2 heterocycles. The Morgan fingerprint density at radius 3 is 2.37 bits per heavy atom. The Balaban J connectivity index is 1.92. The third kappa shape index (κ3) is 3.68. The van der Waals surface area contributed by atoms with Crippen LogP contribution < -0.4 is 0 Å². The van der Waals surface area contributed by atoms with Crippen LogP contribution in [0.15, 0.2) is 51.2 Å². The second-order valence-corrected chi connectivity index (χ2v) is 7.89. The van der Waals surface area contributed by atoms with Crippen molar-refractivity contribution in [1.82, 2.24) is 9.72 Å². The molecule has 1 aromatic carbocycles. The molecule has 0 atom stereocenters. The number of non-ortho nitro benzene ring substituents is 1. The molecular weight excluding hydrogens is 370 g/mol. The number of nitro benzene ring substituents is 1. The molecular formula is C18H17N3O5S. The van der Waals surface area contributed by atoms with Gasteiger partial charge in [-0.3, -0.25) is 14.7 Å². The lowest BCUT2D eigenvalue weighted by Gasteiger charge is -2.04. The molecule has 0 radical (unpaired) electrons. The van der Waals surface area contributed by atoms with E-state index >= 15 is 0 Å². The Morgan fingerprint density at radius 1 is 1.15 bits per heavy atom. The number of sulfone groups is 1. The highest BCUT2D eigenvalue weighted by Gasteiger charge is 2.15. The van der Waals surface area contributed by atoms with E-state index in [-0.39, 0.29) is 10.6 Å². The van der Waals surface area contributed by atoms with Crippen molar-refractivity contribution in [2.45, 2.75) is 25.7 Å². The van der Waals surface area contributed by atoms with E-state index in [1.807, 2.05) is 24.5 Å². The number of nitrogens with zero attached hydrogens (tertiary/aromatic N) is 3. The van der Waals surface area contributed by atoms with Crippen LogP contribution in [0.3, 0.4) is 0 Å². The van der Waals surface area contributed by atoms with Crippen molar-refractivity contribution in [3.8, 4) is 5.82 Å². The molecule has 0 aliphatic heterocycles. The molecule has 0 unspecified atom stereocenters. The number of aryl methyl sites for hydroxylation is 2. The molecule has 0 spiro atoms. The topological polar surface area (TPSA) is 108 Å². The van der Waals surface area contributed by atoms with Crippen molar-refractivity contribution in [1.29, 1.82) is 0 Å². The molecule has 27 heavy (non-hydrogen) atoms. The maximum atomic E-state index is 12.5. The molecule has 0 aliphatic rings. The van der Waals surface area contributed by atoms with E-state index in [4.69, 9.17) is 4.52 Å². The van der Waals surface area contributed by atoms with Gasteiger partial charge in [-0.25, -0.2) is 8.42 Å². The zero-order chi connectivity index (χ0) is 19.8. The van der Waals surface area contributed by atoms with Gasteiger partial charge in [-0.2, -0.15) is 0 Å².